The quantitative estimate of drug-likeness (QED) is 0.764. The fraction of sp³-hybridized carbons (Fsp3) is 0. The first-order valence-corrected chi connectivity index (χ1v) is 4.79. The summed E-state index contributed by atoms with van der Waals surface area (Å²) in [5, 5.41) is 0.767. The Kier molecular flexibility index (Phi) is 2.70. The molecule has 2 rings (SSSR count). The third-order valence-electron chi connectivity index (χ3n) is 1.96. The molecule has 0 bridgehead atoms. The molecule has 0 fully saturated rings. The van der Waals surface area contributed by atoms with Crippen molar-refractivity contribution in [3.8, 4) is 0 Å². The summed E-state index contributed by atoms with van der Waals surface area (Å²) < 4.78 is 0. The van der Waals surface area contributed by atoms with Crippen LogP contribution in [-0.4, -0.2) is 4.98 Å². The molecule has 70 valence electrons. The lowest BCUT2D eigenvalue weighted by atomic mass is 10.2. The molecule has 2 aromatic rings. The Balaban J connectivity index is 2.15. The highest BCUT2D eigenvalue weighted by atomic mass is 35.5. The lowest BCUT2D eigenvalue weighted by Gasteiger charge is -1.92. The maximum Gasteiger partial charge on any atom is 0.0406 e. The average Bonchev–Trinajstić information content (AvgIpc) is 2.70. The number of H-pyrrole nitrogens is 1. The molecule has 0 saturated carbocycles. The summed E-state index contributed by atoms with van der Waals surface area (Å²) in [6.07, 6.45) is 7.97. The second-order valence-electron chi connectivity index (χ2n) is 3.03. The minimum atomic E-state index is 0.767. The summed E-state index contributed by atoms with van der Waals surface area (Å²) in [6.45, 7) is 0. The molecule has 0 aliphatic heterocycles. The molecule has 0 spiro atoms. The van der Waals surface area contributed by atoms with Crippen molar-refractivity contribution in [1.82, 2.24) is 4.98 Å². The second-order valence-corrected chi connectivity index (χ2v) is 3.47. The normalized spacial score (nSPS) is 10.9. The van der Waals surface area contributed by atoms with Gasteiger partial charge in [-0.2, -0.15) is 0 Å². The van der Waals surface area contributed by atoms with Gasteiger partial charge in [-0.15, -0.1) is 0 Å². The van der Waals surface area contributed by atoms with Crippen LogP contribution in [0.5, 0.6) is 0 Å². The predicted octanol–water partition coefficient (Wildman–Crippen LogP) is 3.84. The van der Waals surface area contributed by atoms with Crippen molar-refractivity contribution in [1.29, 1.82) is 0 Å². The molecule has 1 N–H and O–H groups in total. The van der Waals surface area contributed by atoms with E-state index in [4.69, 9.17) is 11.6 Å². The Hall–Kier alpha value is -1.47. The first kappa shape index (κ1) is 9.10. The zero-order chi connectivity index (χ0) is 9.80. The zero-order valence-corrected chi connectivity index (χ0v) is 8.33. The van der Waals surface area contributed by atoms with Gasteiger partial charge in [-0.3, -0.25) is 0 Å². The predicted molar refractivity (Wildman–Crippen MR) is 61.2 cm³/mol. The number of aromatic amines is 1. The lowest BCUT2D eigenvalue weighted by molar-refractivity contribution is 1.41. The van der Waals surface area contributed by atoms with Gasteiger partial charge in [-0.05, 0) is 29.3 Å². The molecule has 0 amide bonds. The van der Waals surface area contributed by atoms with Crippen LogP contribution in [0, 0.1) is 0 Å². The van der Waals surface area contributed by atoms with E-state index in [-0.39, 0.29) is 0 Å². The summed E-state index contributed by atoms with van der Waals surface area (Å²) >= 11 is 5.78. The van der Waals surface area contributed by atoms with E-state index in [1.54, 1.807) is 0 Å². The fourth-order valence-corrected chi connectivity index (χ4v) is 1.33. The Morgan fingerprint density at radius 1 is 0.929 bits per heavy atom. The Morgan fingerprint density at radius 3 is 2.29 bits per heavy atom. The van der Waals surface area contributed by atoms with E-state index in [2.05, 4.69) is 17.1 Å². The van der Waals surface area contributed by atoms with E-state index in [0.717, 1.165) is 10.6 Å². The Morgan fingerprint density at radius 2 is 1.64 bits per heavy atom. The van der Waals surface area contributed by atoms with Gasteiger partial charge in [0, 0.05) is 17.4 Å². The number of benzene rings is 1. The van der Waals surface area contributed by atoms with E-state index in [9.17, 15) is 0 Å². The number of halogens is 1. The van der Waals surface area contributed by atoms with Crippen molar-refractivity contribution in [2.75, 3.05) is 0 Å². The smallest absolute Gasteiger partial charge is 0.0406 e. The third-order valence-corrected chi connectivity index (χ3v) is 2.21. The van der Waals surface area contributed by atoms with Crippen molar-refractivity contribution in [2.24, 2.45) is 0 Å². The maximum absolute atomic E-state index is 5.78. The third kappa shape index (κ3) is 2.27. The van der Waals surface area contributed by atoms with Crippen LogP contribution in [0.3, 0.4) is 0 Å². The molecule has 2 heteroatoms. The topological polar surface area (TPSA) is 15.8 Å². The van der Waals surface area contributed by atoms with Crippen molar-refractivity contribution in [3.05, 3.63) is 58.9 Å². The van der Waals surface area contributed by atoms with Crippen LogP contribution in [0.2, 0.25) is 5.02 Å². The van der Waals surface area contributed by atoms with Crippen LogP contribution in [0.25, 0.3) is 12.2 Å². The van der Waals surface area contributed by atoms with E-state index in [1.807, 2.05) is 42.7 Å². The molecule has 0 saturated heterocycles. The summed E-state index contributed by atoms with van der Waals surface area (Å²) in [5.74, 6) is 0. The van der Waals surface area contributed by atoms with Gasteiger partial charge in [0.2, 0.25) is 0 Å². The standard InChI is InChI=1S/C12H10ClN/c13-12-5-3-10(4-6-12)1-2-11-7-8-14-9-11/h1-9,14H. The molecule has 0 aliphatic rings. The van der Waals surface area contributed by atoms with E-state index < -0.39 is 0 Å². The summed E-state index contributed by atoms with van der Waals surface area (Å²) in [6, 6.07) is 9.78. The Bertz CT molecular complexity index is 412. The van der Waals surface area contributed by atoms with Gasteiger partial charge >= 0.3 is 0 Å². The van der Waals surface area contributed by atoms with E-state index in [0.29, 0.717) is 0 Å². The number of hydrogen-bond donors (Lipinski definition) is 1. The average molecular weight is 204 g/mol. The minimum Gasteiger partial charge on any atom is -0.367 e. The molecule has 1 nitrogen and oxygen atoms in total. The molecular formula is C12H10ClN. The van der Waals surface area contributed by atoms with E-state index in [1.165, 1.54) is 5.56 Å². The van der Waals surface area contributed by atoms with Crippen molar-refractivity contribution in [2.45, 2.75) is 0 Å². The molecule has 0 unspecified atom stereocenters. The molecule has 1 heterocycles. The highest BCUT2D eigenvalue weighted by molar-refractivity contribution is 6.30. The van der Waals surface area contributed by atoms with Crippen LogP contribution in [0.4, 0.5) is 0 Å². The first-order chi connectivity index (χ1) is 6.84. The largest absolute Gasteiger partial charge is 0.367 e. The minimum absolute atomic E-state index is 0.767. The van der Waals surface area contributed by atoms with Crippen LogP contribution < -0.4 is 0 Å². The van der Waals surface area contributed by atoms with Crippen LogP contribution >= 0.6 is 11.6 Å². The summed E-state index contributed by atoms with van der Waals surface area (Å²) in [5.41, 5.74) is 2.32. The van der Waals surface area contributed by atoms with Crippen LogP contribution in [0.1, 0.15) is 11.1 Å². The van der Waals surface area contributed by atoms with Gasteiger partial charge in [0.15, 0.2) is 0 Å². The number of aromatic nitrogens is 1. The van der Waals surface area contributed by atoms with Gasteiger partial charge in [0.05, 0.1) is 0 Å². The first-order valence-electron chi connectivity index (χ1n) is 4.41. The molecule has 0 radical (unpaired) electrons. The molecule has 0 aliphatic carbocycles. The van der Waals surface area contributed by atoms with Gasteiger partial charge in [0.1, 0.15) is 0 Å². The highest BCUT2D eigenvalue weighted by Crippen LogP contribution is 2.12. The molecular weight excluding hydrogens is 194 g/mol. The molecule has 14 heavy (non-hydrogen) atoms. The van der Waals surface area contributed by atoms with Crippen LogP contribution in [-0.2, 0) is 0 Å². The van der Waals surface area contributed by atoms with Crippen molar-refractivity contribution < 1.29 is 0 Å². The zero-order valence-electron chi connectivity index (χ0n) is 7.57. The summed E-state index contributed by atoms with van der Waals surface area (Å²) in [4.78, 5) is 3.00. The monoisotopic (exact) mass is 203 g/mol. The number of rotatable bonds is 2. The van der Waals surface area contributed by atoms with E-state index >= 15 is 0 Å². The number of hydrogen-bond acceptors (Lipinski definition) is 0. The van der Waals surface area contributed by atoms with Crippen molar-refractivity contribution in [3.63, 3.8) is 0 Å². The molecule has 1 aromatic heterocycles. The van der Waals surface area contributed by atoms with Crippen LogP contribution in [0.15, 0.2) is 42.7 Å². The van der Waals surface area contributed by atoms with Gasteiger partial charge in [0.25, 0.3) is 0 Å². The maximum atomic E-state index is 5.78. The lowest BCUT2D eigenvalue weighted by Crippen LogP contribution is -1.70. The molecule has 1 aromatic carbocycles. The van der Waals surface area contributed by atoms with Gasteiger partial charge in [-0.25, -0.2) is 0 Å². The second kappa shape index (κ2) is 4.16. The Labute approximate surface area is 88.0 Å². The fourth-order valence-electron chi connectivity index (χ4n) is 1.21. The molecule has 0 atom stereocenters. The van der Waals surface area contributed by atoms with Gasteiger partial charge in [-0.1, -0.05) is 35.9 Å². The number of nitrogens with one attached hydrogen (secondary N) is 1. The highest BCUT2D eigenvalue weighted by Gasteiger charge is 1.88. The SMILES string of the molecule is Clc1ccc(C=Cc2cc[nH]c2)cc1. The van der Waals surface area contributed by atoms with Gasteiger partial charge < -0.3 is 4.98 Å². The summed E-state index contributed by atoms with van der Waals surface area (Å²) in [7, 11) is 0. The van der Waals surface area contributed by atoms with Crippen molar-refractivity contribution >= 4 is 23.8 Å².